The molecule has 0 N–H and O–H groups in total. The summed E-state index contributed by atoms with van der Waals surface area (Å²) in [5.74, 6) is 0.287. The molecule has 0 spiro atoms. The molecule has 1 aromatic carbocycles. The first-order chi connectivity index (χ1) is 11.0. The molecule has 1 unspecified atom stereocenters. The van der Waals surface area contributed by atoms with Gasteiger partial charge in [-0.25, -0.2) is 4.39 Å². The van der Waals surface area contributed by atoms with E-state index in [0.29, 0.717) is 12.0 Å². The highest BCUT2D eigenvalue weighted by Crippen LogP contribution is 2.20. The average molecular weight is 322 g/mol. The Hall–Kier alpha value is -1.46. The van der Waals surface area contributed by atoms with Crippen LogP contribution in [0.4, 0.5) is 4.39 Å². The molecule has 1 saturated heterocycles. The summed E-state index contributed by atoms with van der Waals surface area (Å²) < 4.78 is 18.1. The number of hydrogen-bond acceptors (Lipinski definition) is 3. The minimum Gasteiger partial charge on any atom is -0.375 e. The number of rotatable bonds is 5. The van der Waals surface area contributed by atoms with Crippen LogP contribution in [0, 0.1) is 11.7 Å². The first kappa shape index (κ1) is 17.9. The zero-order valence-corrected chi connectivity index (χ0v) is 14.3. The van der Waals surface area contributed by atoms with Crippen LogP contribution in [0.5, 0.6) is 0 Å². The summed E-state index contributed by atoms with van der Waals surface area (Å²) in [5, 5.41) is 0. The summed E-state index contributed by atoms with van der Waals surface area (Å²) in [6.07, 6.45) is 0.944. The fraction of sp³-hybridized carbons (Fsp3) is 0.611. The topological polar surface area (TPSA) is 32.8 Å². The fourth-order valence-corrected chi connectivity index (χ4v) is 3.16. The Morgan fingerprint density at radius 1 is 1.30 bits per heavy atom. The first-order valence-corrected chi connectivity index (χ1v) is 8.26. The van der Waals surface area contributed by atoms with Crippen molar-refractivity contribution in [2.24, 2.45) is 5.92 Å². The Morgan fingerprint density at radius 2 is 2.00 bits per heavy atom. The minimum absolute atomic E-state index is 0.0572. The zero-order valence-electron chi connectivity index (χ0n) is 14.3. The van der Waals surface area contributed by atoms with Gasteiger partial charge in [-0.3, -0.25) is 9.69 Å². The van der Waals surface area contributed by atoms with Gasteiger partial charge in [-0.05, 0) is 30.0 Å². The number of carbonyl (C=O) groups is 1. The van der Waals surface area contributed by atoms with Crippen molar-refractivity contribution in [2.45, 2.75) is 32.9 Å². The van der Waals surface area contributed by atoms with Gasteiger partial charge in [0.25, 0.3) is 0 Å². The van der Waals surface area contributed by atoms with Crippen molar-refractivity contribution < 1.29 is 13.9 Å². The van der Waals surface area contributed by atoms with E-state index in [1.54, 1.807) is 7.11 Å². The average Bonchev–Trinajstić information content (AvgIpc) is 2.72. The van der Waals surface area contributed by atoms with Gasteiger partial charge >= 0.3 is 0 Å². The maximum Gasteiger partial charge on any atom is 0.248 e. The molecule has 0 bridgehead atoms. The number of benzene rings is 1. The van der Waals surface area contributed by atoms with Gasteiger partial charge in [-0.1, -0.05) is 26.0 Å². The van der Waals surface area contributed by atoms with Gasteiger partial charge < -0.3 is 9.64 Å². The molecule has 0 radical (unpaired) electrons. The molecule has 1 aliphatic rings. The maximum absolute atomic E-state index is 13.1. The molecule has 0 aliphatic carbocycles. The van der Waals surface area contributed by atoms with Crippen LogP contribution in [0.15, 0.2) is 24.3 Å². The molecule has 1 aliphatic heterocycles. The van der Waals surface area contributed by atoms with Gasteiger partial charge in [0.05, 0.1) is 0 Å². The molecule has 23 heavy (non-hydrogen) atoms. The summed E-state index contributed by atoms with van der Waals surface area (Å²) >= 11 is 0. The molecule has 128 valence electrons. The van der Waals surface area contributed by atoms with E-state index >= 15 is 0 Å². The minimum atomic E-state index is -0.207. The summed E-state index contributed by atoms with van der Waals surface area (Å²) in [7, 11) is 1.55. The number of nitrogens with zero attached hydrogens (tertiary/aromatic N) is 2. The van der Waals surface area contributed by atoms with Crippen molar-refractivity contribution in [1.29, 1.82) is 0 Å². The van der Waals surface area contributed by atoms with Crippen LogP contribution in [0.25, 0.3) is 0 Å². The molecule has 1 fully saturated rings. The monoisotopic (exact) mass is 322 g/mol. The highest BCUT2D eigenvalue weighted by atomic mass is 19.1. The van der Waals surface area contributed by atoms with Gasteiger partial charge in [-0.2, -0.15) is 0 Å². The van der Waals surface area contributed by atoms with Crippen LogP contribution in [0.2, 0.25) is 0 Å². The Bertz CT molecular complexity index is 504. The molecular formula is C18H27FN2O2. The highest BCUT2D eigenvalue weighted by molar-refractivity contribution is 5.77. The predicted octanol–water partition coefficient (Wildman–Crippen LogP) is 2.53. The smallest absolute Gasteiger partial charge is 0.248 e. The van der Waals surface area contributed by atoms with Gasteiger partial charge in [0.15, 0.2) is 0 Å². The van der Waals surface area contributed by atoms with E-state index in [-0.39, 0.29) is 18.3 Å². The third-order valence-electron chi connectivity index (χ3n) is 4.44. The molecule has 1 heterocycles. The van der Waals surface area contributed by atoms with Crippen LogP contribution < -0.4 is 0 Å². The van der Waals surface area contributed by atoms with Crippen LogP contribution in [-0.2, 0) is 16.1 Å². The van der Waals surface area contributed by atoms with Crippen molar-refractivity contribution in [1.82, 2.24) is 9.80 Å². The van der Waals surface area contributed by atoms with E-state index in [4.69, 9.17) is 4.74 Å². The fourth-order valence-electron chi connectivity index (χ4n) is 3.16. The quantitative estimate of drug-likeness (QED) is 0.835. The van der Waals surface area contributed by atoms with Gasteiger partial charge in [0, 0.05) is 39.3 Å². The Labute approximate surface area is 138 Å². The van der Waals surface area contributed by atoms with Crippen LogP contribution >= 0.6 is 0 Å². The maximum atomic E-state index is 13.1. The van der Waals surface area contributed by atoms with Gasteiger partial charge in [-0.15, -0.1) is 0 Å². The van der Waals surface area contributed by atoms with Crippen molar-refractivity contribution in [2.75, 3.05) is 33.4 Å². The highest BCUT2D eigenvalue weighted by Gasteiger charge is 2.29. The molecule has 2 rings (SSSR count). The molecule has 1 amide bonds. The van der Waals surface area contributed by atoms with Crippen molar-refractivity contribution in [3.05, 3.63) is 35.6 Å². The molecule has 5 heteroatoms. The third kappa shape index (κ3) is 5.01. The van der Waals surface area contributed by atoms with Crippen LogP contribution in [0.1, 0.15) is 25.8 Å². The number of ether oxygens (including phenoxy) is 1. The Balaban J connectivity index is 2.09. The largest absolute Gasteiger partial charge is 0.375 e. The number of carbonyl (C=O) groups excluding carboxylic acids is 1. The Kier molecular flexibility index (Phi) is 6.54. The predicted molar refractivity (Wildman–Crippen MR) is 88.5 cm³/mol. The normalized spacial score (nSPS) is 19.9. The molecule has 0 aromatic heterocycles. The van der Waals surface area contributed by atoms with Crippen LogP contribution in [0.3, 0.4) is 0 Å². The molecule has 1 aromatic rings. The summed E-state index contributed by atoms with van der Waals surface area (Å²) in [6, 6.07) is 6.98. The van der Waals surface area contributed by atoms with Crippen molar-refractivity contribution in [3.63, 3.8) is 0 Å². The third-order valence-corrected chi connectivity index (χ3v) is 4.44. The van der Waals surface area contributed by atoms with E-state index in [9.17, 15) is 9.18 Å². The zero-order chi connectivity index (χ0) is 16.8. The van der Waals surface area contributed by atoms with E-state index in [0.717, 1.165) is 38.2 Å². The molecule has 1 atom stereocenters. The Morgan fingerprint density at radius 3 is 2.61 bits per heavy atom. The molecular weight excluding hydrogens is 295 g/mol. The van der Waals surface area contributed by atoms with E-state index in [1.807, 2.05) is 17.0 Å². The van der Waals surface area contributed by atoms with E-state index in [2.05, 4.69) is 18.7 Å². The standard InChI is InChI=1S/C18H27FN2O2/c1-14(2)17-12-21(18(22)13-23-3)10-4-9-20(17)11-15-5-7-16(19)8-6-15/h5-8,14,17H,4,9-13H2,1-3H3. The summed E-state index contributed by atoms with van der Waals surface area (Å²) in [6.45, 7) is 7.74. The SMILES string of the molecule is COCC(=O)N1CCCN(Cc2ccc(F)cc2)C(C(C)C)C1. The second-order valence-corrected chi connectivity index (χ2v) is 6.53. The lowest BCUT2D eigenvalue weighted by Crippen LogP contribution is -2.46. The van der Waals surface area contributed by atoms with Crippen LogP contribution in [-0.4, -0.2) is 55.1 Å². The molecule has 4 nitrogen and oxygen atoms in total. The summed E-state index contributed by atoms with van der Waals surface area (Å²) in [4.78, 5) is 16.5. The molecule has 0 saturated carbocycles. The second kappa shape index (κ2) is 8.41. The lowest BCUT2D eigenvalue weighted by Gasteiger charge is -2.34. The lowest BCUT2D eigenvalue weighted by molar-refractivity contribution is -0.135. The number of amides is 1. The number of methoxy groups -OCH3 is 1. The van der Waals surface area contributed by atoms with Crippen molar-refractivity contribution >= 4 is 5.91 Å². The van der Waals surface area contributed by atoms with Gasteiger partial charge in [0.1, 0.15) is 12.4 Å². The first-order valence-electron chi connectivity index (χ1n) is 8.26. The number of hydrogen-bond donors (Lipinski definition) is 0. The summed E-state index contributed by atoms with van der Waals surface area (Å²) in [5.41, 5.74) is 1.11. The second-order valence-electron chi connectivity index (χ2n) is 6.53. The van der Waals surface area contributed by atoms with Gasteiger partial charge in [0.2, 0.25) is 5.91 Å². The number of halogens is 1. The van der Waals surface area contributed by atoms with Crippen molar-refractivity contribution in [3.8, 4) is 0 Å². The lowest BCUT2D eigenvalue weighted by atomic mass is 10.0. The van der Waals surface area contributed by atoms with E-state index < -0.39 is 0 Å². The van der Waals surface area contributed by atoms with E-state index in [1.165, 1.54) is 12.1 Å².